The summed E-state index contributed by atoms with van der Waals surface area (Å²) in [5.74, 6) is 0. The molecule has 2 fully saturated rings. The highest BCUT2D eigenvalue weighted by Crippen LogP contribution is 2.24. The van der Waals surface area contributed by atoms with E-state index in [0.717, 1.165) is 19.4 Å². The van der Waals surface area contributed by atoms with Gasteiger partial charge >= 0.3 is 0 Å². The van der Waals surface area contributed by atoms with Gasteiger partial charge in [-0.25, -0.2) is 4.90 Å². The summed E-state index contributed by atoms with van der Waals surface area (Å²) >= 11 is 0. The second-order valence-electron chi connectivity index (χ2n) is 3.23. The maximum absolute atomic E-state index is 9.28. The number of nitrogens with zero attached hydrogens (tertiary/aromatic N) is 1. The van der Waals surface area contributed by atoms with Crippen LogP contribution in [0.1, 0.15) is 12.8 Å². The van der Waals surface area contributed by atoms with E-state index in [-0.39, 0.29) is 12.1 Å². The van der Waals surface area contributed by atoms with Crippen LogP contribution < -0.4 is 0 Å². The quantitative estimate of drug-likeness (QED) is 0.482. The average molecular weight is 159 g/mol. The number of hydrogen-bond donors (Lipinski definition) is 2. The Balaban J connectivity index is 2.00. The first-order valence-electron chi connectivity index (χ1n) is 4.01. The highest BCUT2D eigenvalue weighted by molar-refractivity contribution is 4.84. The van der Waals surface area contributed by atoms with Crippen molar-refractivity contribution in [2.24, 2.45) is 0 Å². The molecule has 0 amide bonds. The molecule has 4 heteroatoms. The molecule has 0 radical (unpaired) electrons. The van der Waals surface area contributed by atoms with Gasteiger partial charge in [-0.05, 0) is 12.8 Å². The topological polar surface area (TPSA) is 52.9 Å². The van der Waals surface area contributed by atoms with E-state index in [2.05, 4.69) is 0 Å². The van der Waals surface area contributed by atoms with Gasteiger partial charge in [-0.3, -0.25) is 0 Å². The van der Waals surface area contributed by atoms with E-state index in [1.807, 2.05) is 4.90 Å². The summed E-state index contributed by atoms with van der Waals surface area (Å²) in [7, 11) is 0. The first kappa shape index (κ1) is 7.49. The molecule has 4 nitrogen and oxygen atoms in total. The van der Waals surface area contributed by atoms with Crippen LogP contribution in [0, 0.1) is 0 Å². The van der Waals surface area contributed by atoms with Gasteiger partial charge in [0.05, 0.1) is 12.7 Å². The molecule has 0 aromatic heterocycles. The zero-order chi connectivity index (χ0) is 7.84. The van der Waals surface area contributed by atoms with Crippen LogP contribution in [0.2, 0.25) is 0 Å². The lowest BCUT2D eigenvalue weighted by atomic mass is 10.0. The van der Waals surface area contributed by atoms with Gasteiger partial charge in [0.15, 0.2) is 0 Å². The van der Waals surface area contributed by atoms with Crippen molar-refractivity contribution in [3.8, 4) is 0 Å². The fourth-order valence-electron chi connectivity index (χ4n) is 1.80. The predicted octanol–water partition coefficient (Wildman–Crippen LogP) is -0.882. The van der Waals surface area contributed by atoms with Gasteiger partial charge in [-0.15, -0.1) is 0 Å². The van der Waals surface area contributed by atoms with Crippen LogP contribution in [0.25, 0.3) is 0 Å². The number of piperidine rings is 1. The standard InChI is InChI=1S/C7H13NO3/c9-6-1-2-8-5(3-6)4-11-7(8)10/h5-7,9-10H,1-4H2/t5-,6+,7?/m0/s1. The van der Waals surface area contributed by atoms with Crippen molar-refractivity contribution in [1.29, 1.82) is 0 Å². The number of rotatable bonds is 0. The number of ether oxygens (including phenoxy) is 1. The molecular formula is C7H13NO3. The molecule has 64 valence electrons. The molecule has 2 aliphatic heterocycles. The summed E-state index contributed by atoms with van der Waals surface area (Å²) in [6.45, 7) is 1.30. The highest BCUT2D eigenvalue weighted by atomic mass is 16.6. The molecule has 1 unspecified atom stereocenters. The molecule has 2 aliphatic rings. The van der Waals surface area contributed by atoms with E-state index >= 15 is 0 Å². The summed E-state index contributed by atoms with van der Waals surface area (Å²) in [5.41, 5.74) is 0. The van der Waals surface area contributed by atoms with Crippen molar-refractivity contribution in [3.05, 3.63) is 0 Å². The Morgan fingerprint density at radius 3 is 3.00 bits per heavy atom. The van der Waals surface area contributed by atoms with Gasteiger partial charge in [0, 0.05) is 12.6 Å². The molecule has 2 heterocycles. The molecule has 0 aromatic rings. The Morgan fingerprint density at radius 1 is 1.36 bits per heavy atom. The van der Waals surface area contributed by atoms with Crippen LogP contribution in [0.5, 0.6) is 0 Å². The fraction of sp³-hybridized carbons (Fsp3) is 1.00. The number of aliphatic hydroxyl groups is 2. The monoisotopic (exact) mass is 159 g/mol. The lowest BCUT2D eigenvalue weighted by molar-refractivity contribution is -0.142. The molecule has 0 aliphatic carbocycles. The predicted molar refractivity (Wildman–Crippen MR) is 37.7 cm³/mol. The SMILES string of the molecule is OC1OC[C@@H]2C[C@H](O)CCN12. The van der Waals surface area contributed by atoms with Crippen molar-refractivity contribution in [2.45, 2.75) is 31.4 Å². The van der Waals surface area contributed by atoms with Crippen molar-refractivity contribution >= 4 is 0 Å². The fourth-order valence-corrected chi connectivity index (χ4v) is 1.80. The second kappa shape index (κ2) is 2.71. The molecule has 2 rings (SSSR count). The zero-order valence-corrected chi connectivity index (χ0v) is 6.31. The summed E-state index contributed by atoms with van der Waals surface area (Å²) < 4.78 is 5.02. The maximum atomic E-state index is 9.28. The van der Waals surface area contributed by atoms with Gasteiger partial charge in [-0.2, -0.15) is 0 Å². The number of aliphatic hydroxyl groups excluding tert-OH is 2. The Labute approximate surface area is 65.4 Å². The van der Waals surface area contributed by atoms with E-state index in [4.69, 9.17) is 4.74 Å². The molecule has 0 aromatic carbocycles. The van der Waals surface area contributed by atoms with Crippen LogP contribution in [0.15, 0.2) is 0 Å². The Hall–Kier alpha value is -0.160. The third-order valence-corrected chi connectivity index (χ3v) is 2.46. The second-order valence-corrected chi connectivity index (χ2v) is 3.23. The van der Waals surface area contributed by atoms with Crippen LogP contribution in [-0.2, 0) is 4.74 Å². The van der Waals surface area contributed by atoms with E-state index in [1.165, 1.54) is 0 Å². The highest BCUT2D eigenvalue weighted by Gasteiger charge is 2.37. The molecular weight excluding hydrogens is 146 g/mol. The Morgan fingerprint density at radius 2 is 2.18 bits per heavy atom. The summed E-state index contributed by atoms with van der Waals surface area (Å²) in [6.07, 6.45) is 0.547. The van der Waals surface area contributed by atoms with Crippen LogP contribution in [0.4, 0.5) is 0 Å². The van der Waals surface area contributed by atoms with Crippen molar-refractivity contribution in [2.75, 3.05) is 13.2 Å². The lowest BCUT2D eigenvalue weighted by Gasteiger charge is -2.31. The molecule has 2 saturated heterocycles. The minimum atomic E-state index is -0.729. The first-order chi connectivity index (χ1) is 5.27. The van der Waals surface area contributed by atoms with Crippen LogP contribution in [0.3, 0.4) is 0 Å². The van der Waals surface area contributed by atoms with Crippen molar-refractivity contribution in [3.63, 3.8) is 0 Å². The average Bonchev–Trinajstić information content (AvgIpc) is 2.32. The minimum absolute atomic E-state index is 0.204. The summed E-state index contributed by atoms with van der Waals surface area (Å²) in [5, 5.41) is 18.5. The molecule has 0 spiro atoms. The number of hydrogen-bond acceptors (Lipinski definition) is 4. The van der Waals surface area contributed by atoms with E-state index in [1.54, 1.807) is 0 Å². The largest absolute Gasteiger partial charge is 0.393 e. The van der Waals surface area contributed by atoms with Crippen molar-refractivity contribution < 1.29 is 14.9 Å². The van der Waals surface area contributed by atoms with E-state index in [0.29, 0.717) is 6.61 Å². The van der Waals surface area contributed by atoms with Crippen LogP contribution >= 0.6 is 0 Å². The van der Waals surface area contributed by atoms with Gasteiger partial charge in [-0.1, -0.05) is 0 Å². The normalized spacial score (nSPS) is 45.8. The first-order valence-corrected chi connectivity index (χ1v) is 4.01. The van der Waals surface area contributed by atoms with Gasteiger partial charge in [0.25, 0.3) is 0 Å². The van der Waals surface area contributed by atoms with E-state index < -0.39 is 6.41 Å². The molecule has 2 N–H and O–H groups in total. The maximum Gasteiger partial charge on any atom is 0.216 e. The Bertz CT molecular complexity index is 153. The summed E-state index contributed by atoms with van der Waals surface area (Å²) in [6, 6.07) is 0.230. The Kier molecular flexibility index (Phi) is 1.85. The molecule has 3 atom stereocenters. The van der Waals surface area contributed by atoms with Gasteiger partial charge < -0.3 is 14.9 Å². The van der Waals surface area contributed by atoms with Gasteiger partial charge in [0.2, 0.25) is 6.41 Å². The third kappa shape index (κ3) is 1.27. The van der Waals surface area contributed by atoms with Crippen LogP contribution in [-0.4, -0.2) is 46.8 Å². The lowest BCUT2D eigenvalue weighted by Crippen LogP contribution is -2.44. The zero-order valence-electron chi connectivity index (χ0n) is 6.31. The minimum Gasteiger partial charge on any atom is -0.393 e. The van der Waals surface area contributed by atoms with E-state index in [9.17, 15) is 10.2 Å². The summed E-state index contributed by atoms with van der Waals surface area (Å²) in [4.78, 5) is 1.90. The smallest absolute Gasteiger partial charge is 0.216 e. The molecule has 11 heavy (non-hydrogen) atoms. The van der Waals surface area contributed by atoms with Gasteiger partial charge in [0.1, 0.15) is 0 Å². The number of fused-ring (bicyclic) bond motifs is 1. The van der Waals surface area contributed by atoms with Crippen molar-refractivity contribution in [1.82, 2.24) is 4.90 Å². The molecule has 0 bridgehead atoms. The third-order valence-electron chi connectivity index (χ3n) is 2.46. The molecule has 0 saturated carbocycles.